The maximum absolute atomic E-state index is 14.6. The van der Waals surface area contributed by atoms with Crippen molar-refractivity contribution < 1.29 is 67.4 Å². The van der Waals surface area contributed by atoms with Crippen molar-refractivity contribution in [2.45, 2.75) is 206 Å². The number of piperidine rings is 1. The van der Waals surface area contributed by atoms with Crippen LogP contribution in [0.5, 0.6) is 0 Å². The first-order valence-electron chi connectivity index (χ1n) is 28.1. The van der Waals surface area contributed by atoms with Crippen molar-refractivity contribution >= 4 is 35.2 Å². The van der Waals surface area contributed by atoms with Crippen LogP contribution in [0.1, 0.15) is 151 Å². The molecule has 2 N–H and O–H groups in total. The number of cyclic esters (lactones) is 1. The second kappa shape index (κ2) is 29.7. The van der Waals surface area contributed by atoms with Crippen LogP contribution in [-0.2, 0) is 57.2 Å². The van der Waals surface area contributed by atoms with Gasteiger partial charge in [0, 0.05) is 64.9 Å². The first-order chi connectivity index (χ1) is 35.7. The number of rotatable bonds is 11. The monoisotopic (exact) mass is 1050 g/mol. The molecule has 15 unspecified atom stereocenters. The Morgan fingerprint density at radius 2 is 1.55 bits per heavy atom. The number of carbonyl (C=O) groups is 6. The number of nitrogens with zero attached hydrogens (tertiary/aromatic N) is 2. The predicted molar refractivity (Wildman–Crippen MR) is 284 cm³/mol. The van der Waals surface area contributed by atoms with Crippen LogP contribution in [0.25, 0.3) is 0 Å². The van der Waals surface area contributed by atoms with Gasteiger partial charge in [-0.05, 0) is 146 Å². The molecule has 4 heterocycles. The summed E-state index contributed by atoms with van der Waals surface area (Å²) < 4.78 is 36.1. The summed E-state index contributed by atoms with van der Waals surface area (Å²) in [6.45, 7) is 15.7. The van der Waals surface area contributed by atoms with Gasteiger partial charge >= 0.3 is 11.9 Å². The van der Waals surface area contributed by atoms with Crippen LogP contribution in [-0.4, -0.2) is 157 Å². The zero-order valence-corrected chi connectivity index (χ0v) is 46.9. The topological polar surface area (TPSA) is 205 Å². The van der Waals surface area contributed by atoms with E-state index in [2.05, 4.69) is 4.90 Å². The van der Waals surface area contributed by atoms with E-state index in [1.54, 1.807) is 41.1 Å². The number of hydrogen-bond acceptors (Lipinski definition) is 15. The molecule has 1 aliphatic carbocycles. The smallest absolute Gasteiger partial charge is 0.329 e. The summed E-state index contributed by atoms with van der Waals surface area (Å²) in [5.41, 5.74) is 1.34. The van der Waals surface area contributed by atoms with Crippen molar-refractivity contribution in [2.75, 3.05) is 47.5 Å². The molecule has 16 heteroatoms. The van der Waals surface area contributed by atoms with E-state index in [9.17, 15) is 39.0 Å². The Balaban J connectivity index is 1.50. The molecule has 0 radical (unpaired) electrons. The number of fused-ring (bicyclic) bond motifs is 3. The lowest BCUT2D eigenvalue weighted by Gasteiger charge is -2.42. The van der Waals surface area contributed by atoms with Gasteiger partial charge in [-0.15, -0.1) is 0 Å². The third kappa shape index (κ3) is 17.3. The molecule has 75 heavy (non-hydrogen) atoms. The lowest BCUT2D eigenvalue weighted by molar-refractivity contribution is -0.265. The van der Waals surface area contributed by atoms with Crippen molar-refractivity contribution in [1.82, 2.24) is 9.80 Å². The Hall–Kier alpha value is -3.90. The van der Waals surface area contributed by atoms with Gasteiger partial charge in [-0.25, -0.2) is 4.79 Å². The average Bonchev–Trinajstić information content (AvgIpc) is 3.91. The number of amides is 1. The van der Waals surface area contributed by atoms with Crippen LogP contribution >= 0.6 is 0 Å². The van der Waals surface area contributed by atoms with E-state index in [4.69, 9.17) is 28.4 Å². The number of likely N-dealkylation sites (tertiary alicyclic amines) is 1. The fourth-order valence-corrected chi connectivity index (χ4v) is 11.9. The fourth-order valence-electron chi connectivity index (χ4n) is 11.9. The fraction of sp³-hybridized carbons (Fsp3) is 0.763. The highest BCUT2D eigenvalue weighted by Gasteiger charge is 2.53. The maximum Gasteiger partial charge on any atom is 0.329 e. The van der Waals surface area contributed by atoms with Crippen LogP contribution in [0.2, 0.25) is 0 Å². The lowest BCUT2D eigenvalue weighted by Crippen LogP contribution is -2.61. The highest BCUT2D eigenvalue weighted by atomic mass is 16.6. The van der Waals surface area contributed by atoms with Crippen molar-refractivity contribution in [3.8, 4) is 0 Å². The Morgan fingerprint density at radius 3 is 2.24 bits per heavy atom. The Kier molecular flexibility index (Phi) is 24.6. The number of aliphatic hydroxyl groups excluding tert-OH is 1. The maximum atomic E-state index is 14.6. The molecule has 16 nitrogen and oxygen atoms in total. The molecule has 0 spiro atoms. The van der Waals surface area contributed by atoms with Gasteiger partial charge in [0.1, 0.15) is 17.9 Å². The molecular weight excluding hydrogens is 961 g/mol. The molecule has 0 aromatic rings. The number of esters is 2. The number of methoxy groups -OCH3 is 3. The van der Waals surface area contributed by atoms with Crippen molar-refractivity contribution in [1.29, 1.82) is 0 Å². The van der Waals surface area contributed by atoms with E-state index in [0.717, 1.165) is 38.0 Å². The van der Waals surface area contributed by atoms with Crippen LogP contribution in [0.3, 0.4) is 0 Å². The number of carbonyl (C=O) groups excluding carboxylic acids is 6. The molecule has 5 rings (SSSR count). The third-order valence-corrected chi connectivity index (χ3v) is 16.8. The number of ether oxygens (including phenoxy) is 6. The van der Waals surface area contributed by atoms with Crippen molar-refractivity contribution in [3.05, 3.63) is 47.6 Å². The molecular formula is C59H92N2O14. The standard InChI is InChI=1S/C59H92N2O14/c1-37-19-12-11-13-20-38(2)49(70-8)35-45-25-23-43(7)59(69,75-45)56(66)57(67)61-30-15-14-21-46(61)58(68)73-50(40(4)33-44-24-26-47(62)51(34-44)71-9)36-48(63)39(3)32-42(6)54(55(72-10)53(65)41(5)31-37)74-52(64)22-18-29-60-27-16-17-28-60/h11-13,19-20,32,37,39-41,43-47,49-51,54-55,62,69H,14-18,21-31,33-36H2,1-10H3/b13-11-,19-12-,38-20?,42-32?. The second-order valence-electron chi connectivity index (χ2n) is 22.7. The molecule has 1 saturated carbocycles. The summed E-state index contributed by atoms with van der Waals surface area (Å²) in [6, 6.07) is -1.16. The summed E-state index contributed by atoms with van der Waals surface area (Å²) in [5, 5.41) is 22.6. The van der Waals surface area contributed by atoms with Gasteiger partial charge in [-0.3, -0.25) is 24.0 Å². The Bertz CT molecular complexity index is 2050. The number of Topliss-reactive ketones (excluding diaryl/α,β-unsaturated/α-hetero) is 3. The minimum atomic E-state index is -2.44. The van der Waals surface area contributed by atoms with Crippen molar-refractivity contribution in [2.24, 2.45) is 35.5 Å². The zero-order chi connectivity index (χ0) is 55.0. The molecule has 5 aliphatic rings. The van der Waals surface area contributed by atoms with E-state index >= 15 is 0 Å². The quantitative estimate of drug-likeness (QED) is 0.116. The van der Waals surface area contributed by atoms with Gasteiger partial charge in [0.25, 0.3) is 11.7 Å². The SMILES string of the molecule is COC1CC2CCC(C)C(O)(O2)C(=O)C(=O)N2CCCCC2C(=O)OC(C(C)CC2CCC(O)C(OC)C2)CC(=O)C(C)C=C(C)C(OC(=O)CCCN2CCCC2)C(OC)C(=O)C(C)CC(C)/C=C\C=C/C=C1C. The highest BCUT2D eigenvalue weighted by Crippen LogP contribution is 2.38. The largest absolute Gasteiger partial charge is 0.460 e. The molecule has 1 amide bonds. The Morgan fingerprint density at radius 1 is 0.827 bits per heavy atom. The first-order valence-corrected chi connectivity index (χ1v) is 28.1. The van der Waals surface area contributed by atoms with Crippen LogP contribution in [0.15, 0.2) is 47.6 Å². The lowest BCUT2D eigenvalue weighted by atomic mass is 9.78. The number of ketones is 3. The summed E-state index contributed by atoms with van der Waals surface area (Å²) >= 11 is 0. The van der Waals surface area contributed by atoms with Crippen LogP contribution in [0.4, 0.5) is 0 Å². The van der Waals surface area contributed by atoms with Crippen LogP contribution < -0.4 is 0 Å². The van der Waals surface area contributed by atoms with Gasteiger partial charge in [0.05, 0.1) is 24.4 Å². The highest BCUT2D eigenvalue weighted by molar-refractivity contribution is 6.39. The molecule has 0 aromatic carbocycles. The molecule has 4 fully saturated rings. The molecule has 3 saturated heterocycles. The average molecular weight is 1050 g/mol. The summed E-state index contributed by atoms with van der Waals surface area (Å²) in [4.78, 5) is 89.5. The molecule has 0 aromatic heterocycles. The van der Waals surface area contributed by atoms with E-state index in [1.165, 1.54) is 12.0 Å². The summed E-state index contributed by atoms with van der Waals surface area (Å²) in [7, 11) is 4.57. The van der Waals surface area contributed by atoms with Gasteiger partial charge < -0.3 is 48.4 Å². The number of hydrogen-bond donors (Lipinski definition) is 2. The minimum absolute atomic E-state index is 0.0182. The van der Waals surface area contributed by atoms with Gasteiger partial charge in [-0.1, -0.05) is 71.1 Å². The number of aliphatic hydroxyl groups is 2. The van der Waals surface area contributed by atoms with Gasteiger partial charge in [0.15, 0.2) is 18.0 Å². The van der Waals surface area contributed by atoms with Gasteiger partial charge in [0.2, 0.25) is 5.79 Å². The van der Waals surface area contributed by atoms with E-state index in [0.29, 0.717) is 76.2 Å². The zero-order valence-electron chi connectivity index (χ0n) is 46.9. The predicted octanol–water partition coefficient (Wildman–Crippen LogP) is 7.61. The first kappa shape index (κ1) is 61.9. The van der Waals surface area contributed by atoms with Gasteiger partial charge in [-0.2, -0.15) is 0 Å². The summed E-state index contributed by atoms with van der Waals surface area (Å²) in [5.74, 6) is -8.64. The minimum Gasteiger partial charge on any atom is -0.460 e. The second-order valence-corrected chi connectivity index (χ2v) is 22.7. The molecule has 422 valence electrons. The summed E-state index contributed by atoms with van der Waals surface area (Å²) in [6.07, 6.45) is 14.2. The molecule has 2 bridgehead atoms. The van der Waals surface area contributed by atoms with E-state index in [-0.39, 0.29) is 61.2 Å². The Labute approximate surface area is 447 Å². The van der Waals surface area contributed by atoms with E-state index < -0.39 is 89.8 Å². The van der Waals surface area contributed by atoms with Crippen molar-refractivity contribution in [3.63, 3.8) is 0 Å². The third-order valence-electron chi connectivity index (χ3n) is 16.8. The normalized spacial score (nSPS) is 36.5. The van der Waals surface area contributed by atoms with Crippen LogP contribution in [0, 0.1) is 35.5 Å². The molecule has 15 atom stereocenters. The van der Waals surface area contributed by atoms with E-state index in [1.807, 2.05) is 58.1 Å². The molecule has 4 aliphatic heterocycles. The number of allylic oxidation sites excluding steroid dienone is 6.